The van der Waals surface area contributed by atoms with Gasteiger partial charge in [-0.2, -0.15) is 10.2 Å². The number of rotatable bonds is 10. The van der Waals surface area contributed by atoms with Crippen LogP contribution in [-0.4, -0.2) is 35.0 Å². The first kappa shape index (κ1) is 23.8. The highest BCUT2D eigenvalue weighted by Crippen LogP contribution is 2.21. The summed E-state index contributed by atoms with van der Waals surface area (Å²) in [5, 5.41) is 12.6. The Bertz CT molecular complexity index is 1300. The number of benzene rings is 1. The third kappa shape index (κ3) is 5.60. The maximum absolute atomic E-state index is 12.6. The van der Waals surface area contributed by atoms with Gasteiger partial charge in [0.2, 0.25) is 5.91 Å². The number of unbranched alkanes of at least 4 members (excludes halogenated alkanes) is 1. The minimum Gasteiger partial charge on any atom is -0.352 e. The molecule has 3 heterocycles. The first-order valence-electron chi connectivity index (χ1n) is 11.2. The fourth-order valence-corrected chi connectivity index (χ4v) is 4.01. The molecule has 0 aliphatic heterocycles. The molecule has 4 rings (SSSR count). The average Bonchev–Trinajstić information content (AvgIpc) is 3.49. The van der Waals surface area contributed by atoms with E-state index in [1.165, 1.54) is 0 Å². The lowest BCUT2D eigenvalue weighted by Gasteiger charge is -2.09. The van der Waals surface area contributed by atoms with E-state index in [1.807, 2.05) is 53.2 Å². The van der Waals surface area contributed by atoms with Gasteiger partial charge in [-0.05, 0) is 55.0 Å². The van der Waals surface area contributed by atoms with Gasteiger partial charge in [0.05, 0.1) is 6.54 Å². The zero-order valence-corrected chi connectivity index (χ0v) is 20.5. The quantitative estimate of drug-likeness (QED) is 0.319. The molecule has 0 aliphatic carbocycles. The molecule has 3 aromatic heterocycles. The van der Waals surface area contributed by atoms with Crippen LogP contribution in [0.1, 0.15) is 31.7 Å². The van der Waals surface area contributed by atoms with Gasteiger partial charge in [-0.15, -0.1) is 0 Å². The lowest BCUT2D eigenvalue weighted by atomic mass is 10.2. The third-order valence-electron chi connectivity index (χ3n) is 5.38. The zero-order chi connectivity index (χ0) is 23.9. The van der Waals surface area contributed by atoms with Gasteiger partial charge in [0.15, 0.2) is 16.4 Å². The standard InChI is InChI=1S/C24H26ClN7OS/c1-2-3-14-30-23(18-7-9-20(25)10-8-18)29-32(24(30)34)16-11-21(33)27-17-19-6-4-12-26-22(19)31-15-5-13-28-31/h4-10,12-13,15H,2-3,11,14,16-17H2,1H3,(H,27,33). The van der Waals surface area contributed by atoms with E-state index in [9.17, 15) is 4.79 Å². The van der Waals surface area contributed by atoms with Crippen LogP contribution in [-0.2, 0) is 24.4 Å². The summed E-state index contributed by atoms with van der Waals surface area (Å²) in [5.41, 5.74) is 1.82. The van der Waals surface area contributed by atoms with Crippen molar-refractivity contribution in [2.75, 3.05) is 0 Å². The Kier molecular flexibility index (Phi) is 7.87. The molecule has 0 atom stereocenters. The number of halogens is 1. The molecule has 1 amide bonds. The second-order valence-corrected chi connectivity index (χ2v) is 8.61. The first-order valence-corrected chi connectivity index (χ1v) is 12.0. The lowest BCUT2D eigenvalue weighted by Crippen LogP contribution is -2.25. The molecule has 0 saturated carbocycles. The number of nitrogens with one attached hydrogen (secondary N) is 1. The van der Waals surface area contributed by atoms with Gasteiger partial charge in [-0.3, -0.25) is 9.36 Å². The Morgan fingerprint density at radius 3 is 2.68 bits per heavy atom. The van der Waals surface area contributed by atoms with E-state index in [1.54, 1.807) is 21.8 Å². The van der Waals surface area contributed by atoms with Crippen molar-refractivity contribution in [1.29, 1.82) is 0 Å². The Morgan fingerprint density at radius 2 is 1.94 bits per heavy atom. The zero-order valence-electron chi connectivity index (χ0n) is 18.9. The molecule has 1 aromatic carbocycles. The normalized spacial score (nSPS) is 11.0. The molecule has 0 unspecified atom stereocenters. The molecule has 0 bridgehead atoms. The number of carbonyl (C=O) groups is 1. The summed E-state index contributed by atoms with van der Waals surface area (Å²) in [6.07, 6.45) is 7.52. The fourth-order valence-electron chi connectivity index (χ4n) is 3.58. The van der Waals surface area contributed by atoms with E-state index < -0.39 is 0 Å². The molecular weight excluding hydrogens is 470 g/mol. The number of hydrogen-bond donors (Lipinski definition) is 1. The third-order valence-corrected chi connectivity index (χ3v) is 6.06. The summed E-state index contributed by atoms with van der Waals surface area (Å²) in [4.78, 5) is 17.0. The summed E-state index contributed by atoms with van der Waals surface area (Å²) in [5.74, 6) is 1.39. The fraction of sp³-hybridized carbons (Fsp3) is 0.292. The van der Waals surface area contributed by atoms with Crippen molar-refractivity contribution in [3.63, 3.8) is 0 Å². The van der Waals surface area contributed by atoms with Gasteiger partial charge in [-0.25, -0.2) is 14.3 Å². The van der Waals surface area contributed by atoms with Gasteiger partial charge < -0.3 is 5.32 Å². The summed E-state index contributed by atoms with van der Waals surface area (Å²) >= 11 is 11.7. The van der Waals surface area contributed by atoms with Crippen molar-refractivity contribution in [2.24, 2.45) is 0 Å². The Labute approximate surface area is 208 Å². The minimum absolute atomic E-state index is 0.0895. The smallest absolute Gasteiger partial charge is 0.222 e. The molecular formula is C24H26ClN7OS. The number of amides is 1. The summed E-state index contributed by atoms with van der Waals surface area (Å²) in [6, 6.07) is 13.1. The van der Waals surface area contributed by atoms with Crippen LogP contribution in [0.2, 0.25) is 5.02 Å². The van der Waals surface area contributed by atoms with Gasteiger partial charge in [0, 0.05) is 54.3 Å². The largest absolute Gasteiger partial charge is 0.352 e. The minimum atomic E-state index is -0.0895. The van der Waals surface area contributed by atoms with Crippen molar-refractivity contribution in [3.8, 4) is 17.2 Å². The van der Waals surface area contributed by atoms with Gasteiger partial charge in [0.25, 0.3) is 0 Å². The number of pyridine rings is 1. The van der Waals surface area contributed by atoms with Crippen LogP contribution in [0.3, 0.4) is 0 Å². The van der Waals surface area contributed by atoms with E-state index in [-0.39, 0.29) is 12.3 Å². The molecule has 0 fully saturated rings. The topological polar surface area (TPSA) is 82.6 Å². The summed E-state index contributed by atoms with van der Waals surface area (Å²) < 4.78 is 6.06. The van der Waals surface area contributed by atoms with Gasteiger partial charge in [-0.1, -0.05) is 31.0 Å². The lowest BCUT2D eigenvalue weighted by molar-refractivity contribution is -0.121. The van der Waals surface area contributed by atoms with E-state index in [4.69, 9.17) is 28.9 Å². The number of aromatic nitrogens is 6. The number of aryl methyl sites for hydroxylation is 1. The molecule has 0 spiro atoms. The summed E-state index contributed by atoms with van der Waals surface area (Å²) in [6.45, 7) is 3.66. The monoisotopic (exact) mass is 495 g/mol. The second kappa shape index (κ2) is 11.2. The van der Waals surface area contributed by atoms with Gasteiger partial charge in [0.1, 0.15) is 0 Å². The van der Waals surface area contributed by atoms with Crippen molar-refractivity contribution in [1.82, 2.24) is 34.4 Å². The maximum Gasteiger partial charge on any atom is 0.222 e. The van der Waals surface area contributed by atoms with Crippen LogP contribution in [0.5, 0.6) is 0 Å². The van der Waals surface area contributed by atoms with E-state index in [2.05, 4.69) is 22.3 Å². The maximum atomic E-state index is 12.6. The van der Waals surface area contributed by atoms with Crippen LogP contribution in [0.25, 0.3) is 17.2 Å². The summed E-state index contributed by atoms with van der Waals surface area (Å²) in [7, 11) is 0. The van der Waals surface area contributed by atoms with Crippen molar-refractivity contribution in [2.45, 2.75) is 45.8 Å². The van der Waals surface area contributed by atoms with E-state index >= 15 is 0 Å². The highest BCUT2D eigenvalue weighted by atomic mass is 35.5. The highest BCUT2D eigenvalue weighted by molar-refractivity contribution is 7.71. The Hall–Kier alpha value is -3.30. The molecule has 1 N–H and O–H groups in total. The SMILES string of the molecule is CCCCn1c(-c2ccc(Cl)cc2)nn(CCC(=O)NCc2cccnc2-n2cccn2)c1=S. The predicted molar refractivity (Wildman–Crippen MR) is 134 cm³/mol. The van der Waals surface area contributed by atoms with Gasteiger partial charge >= 0.3 is 0 Å². The molecule has 34 heavy (non-hydrogen) atoms. The molecule has 8 nitrogen and oxygen atoms in total. The van der Waals surface area contributed by atoms with E-state index in [0.29, 0.717) is 28.7 Å². The second-order valence-electron chi connectivity index (χ2n) is 7.80. The van der Waals surface area contributed by atoms with Crippen molar-refractivity contribution in [3.05, 3.63) is 76.4 Å². The first-order chi connectivity index (χ1) is 16.6. The molecule has 0 aliphatic rings. The predicted octanol–water partition coefficient (Wildman–Crippen LogP) is 4.82. The van der Waals surface area contributed by atoms with Crippen LogP contribution in [0, 0.1) is 4.77 Å². The Morgan fingerprint density at radius 1 is 1.12 bits per heavy atom. The molecule has 176 valence electrons. The number of hydrogen-bond acceptors (Lipinski definition) is 5. The molecule has 0 saturated heterocycles. The van der Waals surface area contributed by atoms with Crippen molar-refractivity contribution >= 4 is 29.7 Å². The number of nitrogens with zero attached hydrogens (tertiary/aromatic N) is 6. The van der Waals surface area contributed by atoms with Crippen LogP contribution >= 0.6 is 23.8 Å². The van der Waals surface area contributed by atoms with Crippen LogP contribution < -0.4 is 5.32 Å². The van der Waals surface area contributed by atoms with Crippen molar-refractivity contribution < 1.29 is 4.79 Å². The molecule has 10 heteroatoms. The number of carbonyl (C=O) groups excluding carboxylic acids is 1. The highest BCUT2D eigenvalue weighted by Gasteiger charge is 2.14. The van der Waals surface area contributed by atoms with Crippen LogP contribution in [0.4, 0.5) is 0 Å². The van der Waals surface area contributed by atoms with Crippen LogP contribution in [0.15, 0.2) is 61.1 Å². The average molecular weight is 496 g/mol. The molecule has 4 aromatic rings. The Balaban J connectivity index is 1.44. The van der Waals surface area contributed by atoms with E-state index in [0.717, 1.165) is 36.3 Å². The molecule has 0 radical (unpaired) electrons.